The molecule has 0 saturated carbocycles. The van der Waals surface area contributed by atoms with Crippen molar-refractivity contribution in [1.29, 1.82) is 0 Å². The van der Waals surface area contributed by atoms with Crippen LogP contribution in [0.25, 0.3) is 0 Å². The monoisotopic (exact) mass is 382 g/mol. The van der Waals surface area contributed by atoms with Crippen molar-refractivity contribution in [1.82, 2.24) is 9.21 Å². The number of amides is 1. The Kier molecular flexibility index (Phi) is 6.77. The van der Waals surface area contributed by atoms with Crippen molar-refractivity contribution in [3.8, 4) is 0 Å². The number of hydrogen-bond donors (Lipinski definition) is 0. The molecule has 1 aliphatic rings. The van der Waals surface area contributed by atoms with Crippen LogP contribution in [0.5, 0.6) is 0 Å². The Hall–Kier alpha value is -1.93. The number of esters is 1. The van der Waals surface area contributed by atoms with Gasteiger partial charge in [0.15, 0.2) is 6.61 Å². The van der Waals surface area contributed by atoms with Gasteiger partial charge in [-0.05, 0) is 43.9 Å². The van der Waals surface area contributed by atoms with Crippen molar-refractivity contribution in [2.45, 2.75) is 43.5 Å². The van der Waals surface area contributed by atoms with E-state index in [4.69, 9.17) is 4.74 Å². The summed E-state index contributed by atoms with van der Waals surface area (Å²) >= 11 is 0. The summed E-state index contributed by atoms with van der Waals surface area (Å²) in [6, 6.07) is 5.82. The van der Waals surface area contributed by atoms with Gasteiger partial charge in [0.05, 0.1) is 10.5 Å². The van der Waals surface area contributed by atoms with Gasteiger partial charge in [-0.2, -0.15) is 0 Å². The van der Waals surface area contributed by atoms with Crippen molar-refractivity contribution >= 4 is 21.9 Å². The highest BCUT2D eigenvalue weighted by Crippen LogP contribution is 2.20. The zero-order valence-electron chi connectivity index (χ0n) is 15.5. The molecule has 0 unspecified atom stereocenters. The van der Waals surface area contributed by atoms with Gasteiger partial charge in [-0.25, -0.2) is 17.5 Å². The van der Waals surface area contributed by atoms with Gasteiger partial charge >= 0.3 is 5.97 Å². The molecular weight excluding hydrogens is 356 g/mol. The first kappa shape index (κ1) is 20.4. The summed E-state index contributed by atoms with van der Waals surface area (Å²) in [5.74, 6) is -0.916. The number of hydrogen-bond acceptors (Lipinski definition) is 5. The Balaban J connectivity index is 2.03. The minimum Gasteiger partial charge on any atom is -0.452 e. The minimum absolute atomic E-state index is 0.00496. The van der Waals surface area contributed by atoms with Gasteiger partial charge in [0.25, 0.3) is 5.91 Å². The first-order valence-corrected chi connectivity index (χ1v) is 10.2. The zero-order valence-corrected chi connectivity index (χ0v) is 16.3. The van der Waals surface area contributed by atoms with Crippen LogP contribution in [0, 0.1) is 0 Å². The minimum atomic E-state index is -3.64. The lowest BCUT2D eigenvalue weighted by molar-refractivity contribution is -0.138. The quantitative estimate of drug-likeness (QED) is 0.702. The average molecular weight is 382 g/mol. The van der Waals surface area contributed by atoms with E-state index >= 15 is 0 Å². The van der Waals surface area contributed by atoms with E-state index in [1.165, 1.54) is 38.4 Å². The highest BCUT2D eigenvalue weighted by atomic mass is 32.2. The molecule has 0 bridgehead atoms. The lowest BCUT2D eigenvalue weighted by atomic mass is 10.00. The van der Waals surface area contributed by atoms with Gasteiger partial charge < -0.3 is 9.64 Å². The standard InChI is InChI=1S/C18H26N2O5S/c1-4-15-9-5-6-11-20(15)17(21)13-25-18(22)14-8-7-10-16(12-14)26(23,24)19(2)3/h7-8,10,12,15H,4-6,9,11,13H2,1-3H3/t15-/m1/s1. The van der Waals surface area contributed by atoms with Crippen molar-refractivity contribution in [3.63, 3.8) is 0 Å². The van der Waals surface area contributed by atoms with E-state index in [1.54, 1.807) is 4.90 Å². The van der Waals surface area contributed by atoms with E-state index in [1.807, 2.05) is 6.92 Å². The maximum absolute atomic E-state index is 12.4. The molecule has 1 aliphatic heterocycles. The molecule has 7 nitrogen and oxygen atoms in total. The fraction of sp³-hybridized carbons (Fsp3) is 0.556. The number of piperidine rings is 1. The second kappa shape index (κ2) is 8.64. The van der Waals surface area contributed by atoms with Gasteiger partial charge in [-0.3, -0.25) is 4.79 Å². The SMILES string of the molecule is CC[C@@H]1CCCCN1C(=O)COC(=O)c1cccc(S(=O)(=O)N(C)C)c1. The molecule has 1 amide bonds. The Morgan fingerprint density at radius 1 is 1.27 bits per heavy atom. The van der Waals surface area contributed by atoms with Crippen LogP contribution in [-0.2, 0) is 19.6 Å². The van der Waals surface area contributed by atoms with E-state index in [2.05, 4.69) is 0 Å². The molecule has 0 aliphatic carbocycles. The van der Waals surface area contributed by atoms with Crippen LogP contribution in [0.2, 0.25) is 0 Å². The fourth-order valence-electron chi connectivity index (χ4n) is 3.04. The number of carbonyl (C=O) groups excluding carboxylic acids is 2. The molecule has 144 valence electrons. The van der Waals surface area contributed by atoms with Crippen LogP contribution < -0.4 is 0 Å². The zero-order chi connectivity index (χ0) is 19.3. The van der Waals surface area contributed by atoms with Gasteiger partial charge in [0.2, 0.25) is 10.0 Å². The van der Waals surface area contributed by atoms with Crippen molar-refractivity contribution in [3.05, 3.63) is 29.8 Å². The molecule has 1 aromatic rings. The maximum atomic E-state index is 12.4. The summed E-state index contributed by atoms with van der Waals surface area (Å²) in [4.78, 5) is 26.4. The third-order valence-electron chi connectivity index (χ3n) is 4.59. The fourth-order valence-corrected chi connectivity index (χ4v) is 3.99. The molecule has 1 saturated heterocycles. The molecule has 8 heteroatoms. The summed E-state index contributed by atoms with van der Waals surface area (Å²) in [6.45, 7) is 2.39. The average Bonchev–Trinajstić information content (AvgIpc) is 2.65. The van der Waals surface area contributed by atoms with Gasteiger partial charge in [0, 0.05) is 26.7 Å². The van der Waals surface area contributed by atoms with Crippen LogP contribution >= 0.6 is 0 Å². The van der Waals surface area contributed by atoms with Crippen molar-refractivity contribution in [2.24, 2.45) is 0 Å². The smallest absolute Gasteiger partial charge is 0.338 e. The second-order valence-electron chi connectivity index (χ2n) is 6.54. The highest BCUT2D eigenvalue weighted by molar-refractivity contribution is 7.89. The summed E-state index contributed by atoms with van der Waals surface area (Å²) in [7, 11) is -0.805. The normalized spacial score (nSPS) is 18.0. The number of rotatable bonds is 6. The Morgan fingerprint density at radius 3 is 2.65 bits per heavy atom. The molecular formula is C18H26N2O5S. The number of likely N-dealkylation sites (tertiary alicyclic amines) is 1. The number of sulfonamides is 1. The molecule has 0 N–H and O–H groups in total. The molecule has 0 aromatic heterocycles. The number of nitrogens with zero attached hydrogens (tertiary/aromatic N) is 2. The lowest BCUT2D eigenvalue weighted by Crippen LogP contribution is -2.45. The Labute approximate surface area is 155 Å². The van der Waals surface area contributed by atoms with Gasteiger partial charge in [0.1, 0.15) is 0 Å². The van der Waals surface area contributed by atoms with E-state index in [-0.39, 0.29) is 29.0 Å². The van der Waals surface area contributed by atoms with Crippen molar-refractivity contribution < 1.29 is 22.7 Å². The molecule has 2 rings (SSSR count). The third kappa shape index (κ3) is 4.62. The van der Waals surface area contributed by atoms with Crippen LogP contribution in [-0.4, -0.2) is 62.8 Å². The lowest BCUT2D eigenvalue weighted by Gasteiger charge is -2.35. The van der Waals surface area contributed by atoms with Crippen LogP contribution in [0.4, 0.5) is 0 Å². The predicted octanol–water partition coefficient (Wildman–Crippen LogP) is 1.88. The van der Waals surface area contributed by atoms with Crippen LogP contribution in [0.15, 0.2) is 29.2 Å². The van der Waals surface area contributed by atoms with Gasteiger partial charge in [-0.1, -0.05) is 13.0 Å². The van der Waals surface area contributed by atoms with Crippen molar-refractivity contribution in [2.75, 3.05) is 27.2 Å². The summed E-state index contributed by atoms with van der Waals surface area (Å²) in [5.41, 5.74) is 0.103. The number of ether oxygens (including phenoxy) is 1. The van der Waals surface area contributed by atoms with E-state index in [9.17, 15) is 18.0 Å². The molecule has 1 fully saturated rings. The first-order valence-electron chi connectivity index (χ1n) is 8.76. The maximum Gasteiger partial charge on any atom is 0.338 e. The number of benzene rings is 1. The molecule has 0 radical (unpaired) electrons. The summed E-state index contributed by atoms with van der Waals surface area (Å²) < 4.78 is 30.5. The molecule has 1 aromatic carbocycles. The topological polar surface area (TPSA) is 84.0 Å². The molecule has 1 atom stereocenters. The number of carbonyl (C=O) groups is 2. The second-order valence-corrected chi connectivity index (χ2v) is 8.69. The molecule has 26 heavy (non-hydrogen) atoms. The van der Waals surface area contributed by atoms with E-state index < -0.39 is 16.0 Å². The Bertz CT molecular complexity index is 761. The van der Waals surface area contributed by atoms with E-state index in [0.717, 1.165) is 30.0 Å². The van der Waals surface area contributed by atoms with Gasteiger partial charge in [-0.15, -0.1) is 0 Å². The predicted molar refractivity (Wildman–Crippen MR) is 97.2 cm³/mol. The van der Waals surface area contributed by atoms with Crippen LogP contribution in [0.1, 0.15) is 43.0 Å². The first-order chi connectivity index (χ1) is 12.3. The largest absolute Gasteiger partial charge is 0.452 e. The molecule has 1 heterocycles. The summed E-state index contributed by atoms with van der Waals surface area (Å²) in [6.07, 6.45) is 3.92. The highest BCUT2D eigenvalue weighted by Gasteiger charge is 2.26. The summed E-state index contributed by atoms with van der Waals surface area (Å²) in [5, 5.41) is 0. The Morgan fingerprint density at radius 2 is 2.00 bits per heavy atom. The molecule has 0 spiro atoms. The van der Waals surface area contributed by atoms with E-state index in [0.29, 0.717) is 6.54 Å². The third-order valence-corrected chi connectivity index (χ3v) is 6.40. The van der Waals surface area contributed by atoms with Crippen LogP contribution in [0.3, 0.4) is 0 Å².